The molecule has 1 amide bonds. The Morgan fingerprint density at radius 1 is 1.50 bits per heavy atom. The summed E-state index contributed by atoms with van der Waals surface area (Å²) in [5, 5.41) is 3.15. The summed E-state index contributed by atoms with van der Waals surface area (Å²) in [6, 6.07) is 4.16. The first-order valence-corrected chi connectivity index (χ1v) is 7.12. The standard InChI is InChI=1S/C11H13BrN2OS/c12-10-2-1-9(16-10)11(15)13-8-6-14-4-3-7(8)5-14/h1-2,7-8H,3-6H2,(H,13,15)/t7-,8+/m1/s1. The Morgan fingerprint density at radius 2 is 2.38 bits per heavy atom. The normalized spacial score (nSPS) is 31.9. The molecule has 86 valence electrons. The lowest BCUT2D eigenvalue weighted by Gasteiger charge is -2.22. The smallest absolute Gasteiger partial charge is 0.261 e. The first-order chi connectivity index (χ1) is 7.72. The van der Waals surface area contributed by atoms with Crippen molar-refractivity contribution in [2.24, 2.45) is 5.92 Å². The zero-order valence-electron chi connectivity index (χ0n) is 8.78. The maximum Gasteiger partial charge on any atom is 0.261 e. The monoisotopic (exact) mass is 300 g/mol. The number of hydrogen-bond acceptors (Lipinski definition) is 3. The van der Waals surface area contributed by atoms with Gasteiger partial charge in [0.25, 0.3) is 5.91 Å². The van der Waals surface area contributed by atoms with Crippen molar-refractivity contribution in [1.29, 1.82) is 0 Å². The van der Waals surface area contributed by atoms with E-state index in [9.17, 15) is 4.79 Å². The molecule has 3 rings (SSSR count). The van der Waals surface area contributed by atoms with Crippen LogP contribution in [0.2, 0.25) is 0 Å². The van der Waals surface area contributed by atoms with Crippen LogP contribution in [0.15, 0.2) is 15.9 Å². The van der Waals surface area contributed by atoms with Gasteiger partial charge in [-0.15, -0.1) is 11.3 Å². The molecule has 2 aliphatic rings. The van der Waals surface area contributed by atoms with Gasteiger partial charge in [0.2, 0.25) is 0 Å². The van der Waals surface area contributed by atoms with E-state index in [1.165, 1.54) is 30.8 Å². The van der Waals surface area contributed by atoms with E-state index in [1.807, 2.05) is 12.1 Å². The predicted molar refractivity (Wildman–Crippen MR) is 67.8 cm³/mol. The molecule has 2 bridgehead atoms. The number of nitrogens with one attached hydrogen (secondary N) is 1. The van der Waals surface area contributed by atoms with E-state index in [0.717, 1.165) is 15.2 Å². The summed E-state index contributed by atoms with van der Waals surface area (Å²) in [6.45, 7) is 3.41. The van der Waals surface area contributed by atoms with Gasteiger partial charge < -0.3 is 10.2 Å². The molecule has 1 unspecified atom stereocenters. The highest BCUT2D eigenvalue weighted by atomic mass is 79.9. The fourth-order valence-electron chi connectivity index (χ4n) is 2.62. The van der Waals surface area contributed by atoms with Crippen LogP contribution in [-0.4, -0.2) is 36.5 Å². The van der Waals surface area contributed by atoms with Crippen molar-refractivity contribution in [2.45, 2.75) is 12.5 Å². The lowest BCUT2D eigenvalue weighted by atomic mass is 10.00. The van der Waals surface area contributed by atoms with Gasteiger partial charge in [0, 0.05) is 19.1 Å². The number of fused-ring (bicyclic) bond motifs is 2. The van der Waals surface area contributed by atoms with Crippen LogP contribution in [0.3, 0.4) is 0 Å². The minimum atomic E-state index is 0.0782. The fourth-order valence-corrected chi connectivity index (χ4v) is 3.91. The van der Waals surface area contributed by atoms with Crippen molar-refractivity contribution in [3.63, 3.8) is 0 Å². The van der Waals surface area contributed by atoms with Crippen molar-refractivity contribution in [3.05, 3.63) is 20.8 Å². The molecule has 2 aliphatic heterocycles. The molecular weight excluding hydrogens is 288 g/mol. The molecule has 5 heteroatoms. The molecule has 1 aromatic heterocycles. The van der Waals surface area contributed by atoms with E-state index in [0.29, 0.717) is 12.0 Å². The maximum atomic E-state index is 12.0. The van der Waals surface area contributed by atoms with Crippen molar-refractivity contribution < 1.29 is 4.79 Å². The van der Waals surface area contributed by atoms with Gasteiger partial charge in [-0.2, -0.15) is 0 Å². The lowest BCUT2D eigenvalue weighted by Crippen LogP contribution is -2.42. The van der Waals surface area contributed by atoms with Gasteiger partial charge >= 0.3 is 0 Å². The van der Waals surface area contributed by atoms with Gasteiger partial charge in [0.05, 0.1) is 8.66 Å². The molecule has 3 atom stereocenters. The Bertz CT molecular complexity index is 420. The summed E-state index contributed by atoms with van der Waals surface area (Å²) >= 11 is 4.87. The van der Waals surface area contributed by atoms with Crippen LogP contribution in [0.25, 0.3) is 0 Å². The van der Waals surface area contributed by atoms with Gasteiger partial charge in [-0.05, 0) is 46.9 Å². The maximum absolute atomic E-state index is 12.0. The van der Waals surface area contributed by atoms with Crippen LogP contribution < -0.4 is 5.32 Å². The molecule has 2 fully saturated rings. The van der Waals surface area contributed by atoms with Gasteiger partial charge in [-0.3, -0.25) is 4.79 Å². The van der Waals surface area contributed by atoms with E-state index >= 15 is 0 Å². The number of carbonyl (C=O) groups is 1. The fraction of sp³-hybridized carbons (Fsp3) is 0.545. The second kappa shape index (κ2) is 4.13. The van der Waals surface area contributed by atoms with E-state index in [2.05, 4.69) is 26.1 Å². The first-order valence-electron chi connectivity index (χ1n) is 5.51. The molecule has 3 heterocycles. The molecule has 2 saturated heterocycles. The molecule has 0 radical (unpaired) electrons. The van der Waals surface area contributed by atoms with Crippen LogP contribution >= 0.6 is 27.3 Å². The molecule has 0 aromatic carbocycles. The number of carbonyl (C=O) groups excluding carboxylic acids is 1. The number of halogens is 1. The minimum absolute atomic E-state index is 0.0782. The number of amides is 1. The Morgan fingerprint density at radius 3 is 2.94 bits per heavy atom. The van der Waals surface area contributed by atoms with E-state index in [4.69, 9.17) is 0 Å². The van der Waals surface area contributed by atoms with Crippen LogP contribution in [-0.2, 0) is 0 Å². The number of thiophene rings is 1. The van der Waals surface area contributed by atoms with Crippen molar-refractivity contribution in [2.75, 3.05) is 19.6 Å². The summed E-state index contributed by atoms with van der Waals surface area (Å²) in [6.07, 6.45) is 1.24. The first kappa shape index (κ1) is 10.7. The molecule has 0 saturated carbocycles. The topological polar surface area (TPSA) is 32.3 Å². The summed E-state index contributed by atoms with van der Waals surface area (Å²) in [4.78, 5) is 15.2. The second-order valence-electron chi connectivity index (χ2n) is 4.49. The van der Waals surface area contributed by atoms with Crippen LogP contribution in [0.5, 0.6) is 0 Å². The molecule has 1 N–H and O–H groups in total. The summed E-state index contributed by atoms with van der Waals surface area (Å²) in [7, 11) is 0. The Hall–Kier alpha value is -0.390. The predicted octanol–water partition coefficient (Wildman–Crippen LogP) is 1.94. The average Bonchev–Trinajstić information content (AvgIpc) is 2.92. The third-order valence-electron chi connectivity index (χ3n) is 3.45. The largest absolute Gasteiger partial charge is 0.347 e. The van der Waals surface area contributed by atoms with Crippen molar-refractivity contribution >= 4 is 33.2 Å². The molecule has 16 heavy (non-hydrogen) atoms. The average molecular weight is 301 g/mol. The highest BCUT2D eigenvalue weighted by Gasteiger charge is 2.38. The van der Waals surface area contributed by atoms with Crippen LogP contribution in [0.1, 0.15) is 16.1 Å². The molecule has 0 aliphatic carbocycles. The van der Waals surface area contributed by atoms with Gasteiger partial charge in [-0.1, -0.05) is 0 Å². The molecule has 1 aromatic rings. The minimum Gasteiger partial charge on any atom is -0.347 e. The summed E-state index contributed by atoms with van der Waals surface area (Å²) < 4.78 is 1.01. The highest BCUT2D eigenvalue weighted by Crippen LogP contribution is 2.28. The summed E-state index contributed by atoms with van der Waals surface area (Å²) in [5.74, 6) is 0.752. The zero-order valence-corrected chi connectivity index (χ0v) is 11.2. The second-order valence-corrected chi connectivity index (χ2v) is 6.96. The van der Waals surface area contributed by atoms with Crippen molar-refractivity contribution in [3.8, 4) is 0 Å². The van der Waals surface area contributed by atoms with Crippen molar-refractivity contribution in [1.82, 2.24) is 10.2 Å². The van der Waals surface area contributed by atoms with Gasteiger partial charge in [0.1, 0.15) is 0 Å². The van der Waals surface area contributed by atoms with Crippen LogP contribution in [0, 0.1) is 5.92 Å². The number of nitrogens with zero attached hydrogens (tertiary/aromatic N) is 1. The Kier molecular flexibility index (Phi) is 2.77. The lowest BCUT2D eigenvalue weighted by molar-refractivity contribution is 0.0928. The SMILES string of the molecule is O=C(N[C@H]1CN2CC[C@@H]1C2)c1ccc(Br)s1. The molecular formula is C11H13BrN2OS. The summed E-state index contributed by atoms with van der Waals surface area (Å²) in [5.41, 5.74) is 0. The van der Waals surface area contributed by atoms with E-state index in [-0.39, 0.29) is 5.91 Å². The van der Waals surface area contributed by atoms with E-state index < -0.39 is 0 Å². The Labute approximate surface area is 107 Å². The zero-order chi connectivity index (χ0) is 11.1. The Balaban J connectivity index is 1.65. The number of hydrogen-bond donors (Lipinski definition) is 1. The third kappa shape index (κ3) is 1.92. The number of rotatable bonds is 2. The molecule has 3 nitrogen and oxygen atoms in total. The van der Waals surface area contributed by atoms with E-state index in [1.54, 1.807) is 0 Å². The third-order valence-corrected chi connectivity index (χ3v) is 5.07. The quantitative estimate of drug-likeness (QED) is 0.905. The van der Waals surface area contributed by atoms with Crippen LogP contribution in [0.4, 0.5) is 0 Å². The molecule has 0 spiro atoms. The van der Waals surface area contributed by atoms with Gasteiger partial charge in [0.15, 0.2) is 0 Å². The number of piperidine rings is 1. The van der Waals surface area contributed by atoms with Gasteiger partial charge in [-0.25, -0.2) is 0 Å². The highest BCUT2D eigenvalue weighted by molar-refractivity contribution is 9.11.